The van der Waals surface area contributed by atoms with Crippen LogP contribution in [-0.2, 0) is 11.3 Å². The van der Waals surface area contributed by atoms with E-state index in [0.717, 1.165) is 55.2 Å². The van der Waals surface area contributed by atoms with Crippen LogP contribution in [0.25, 0.3) is 10.9 Å². The molecule has 2 saturated heterocycles. The minimum atomic E-state index is 0.118. The molecule has 0 saturated carbocycles. The van der Waals surface area contributed by atoms with Crippen molar-refractivity contribution in [1.29, 1.82) is 0 Å². The molecule has 1 aromatic heterocycles. The summed E-state index contributed by atoms with van der Waals surface area (Å²) in [5.74, 6) is 1.03. The number of ketones is 1. The number of hydrogen-bond donors (Lipinski definition) is 0. The Morgan fingerprint density at radius 3 is 2.41 bits per heavy atom. The SMILES string of the molecule is CCn1cc(C(=O)N(C)CC2C[C@H]3CC[C@H](C2)N3CC(=O)CCCC(C)(C)C)c2ccccc21. The summed E-state index contributed by atoms with van der Waals surface area (Å²) in [5.41, 5.74) is 2.23. The van der Waals surface area contributed by atoms with Gasteiger partial charge in [0.2, 0.25) is 0 Å². The highest BCUT2D eigenvalue weighted by Crippen LogP contribution is 2.39. The summed E-state index contributed by atoms with van der Waals surface area (Å²) in [6, 6.07) is 9.19. The smallest absolute Gasteiger partial charge is 0.255 e. The van der Waals surface area contributed by atoms with Gasteiger partial charge in [-0.15, -0.1) is 0 Å². The molecule has 4 rings (SSSR count). The van der Waals surface area contributed by atoms with Gasteiger partial charge in [-0.2, -0.15) is 0 Å². The predicted octanol–water partition coefficient (Wildman–Crippen LogP) is 5.76. The molecule has 5 nitrogen and oxygen atoms in total. The van der Waals surface area contributed by atoms with Crippen LogP contribution in [0.5, 0.6) is 0 Å². The quantitative estimate of drug-likeness (QED) is 0.473. The summed E-state index contributed by atoms with van der Waals surface area (Å²) in [7, 11) is 1.95. The summed E-state index contributed by atoms with van der Waals surface area (Å²) in [6.45, 7) is 11.1. The fraction of sp³-hybridized carbons (Fsp3) is 0.655. The first-order valence-electron chi connectivity index (χ1n) is 13.3. The van der Waals surface area contributed by atoms with E-state index in [1.54, 1.807) is 0 Å². The van der Waals surface area contributed by atoms with Gasteiger partial charge in [0.15, 0.2) is 0 Å². The third-order valence-corrected chi connectivity index (χ3v) is 7.96. The van der Waals surface area contributed by atoms with Crippen molar-refractivity contribution in [2.45, 2.75) is 91.3 Å². The molecule has 2 aliphatic heterocycles. The maximum atomic E-state index is 13.4. The number of carbonyl (C=O) groups excluding carboxylic acids is 2. The van der Waals surface area contributed by atoms with Crippen LogP contribution in [0.15, 0.2) is 30.5 Å². The van der Waals surface area contributed by atoms with E-state index in [-0.39, 0.29) is 5.91 Å². The molecule has 3 heterocycles. The molecule has 2 aromatic rings. The summed E-state index contributed by atoms with van der Waals surface area (Å²) < 4.78 is 2.16. The zero-order valence-corrected chi connectivity index (χ0v) is 21.8. The Labute approximate surface area is 205 Å². The standard InChI is InChI=1S/C29H43N3O2/c1-6-31-20-26(25-11-7-8-12-27(25)31)28(34)30(5)18-21-16-22-13-14-23(17-21)32(22)19-24(33)10-9-15-29(2,3)4/h7-8,11-12,20-23H,6,9-10,13-19H2,1-5H3/t22-,23-/m1/s1. The van der Waals surface area contributed by atoms with E-state index in [1.807, 2.05) is 30.3 Å². The first-order chi connectivity index (χ1) is 16.2. The van der Waals surface area contributed by atoms with E-state index in [1.165, 1.54) is 12.8 Å². The molecule has 2 atom stereocenters. The molecule has 0 unspecified atom stereocenters. The van der Waals surface area contributed by atoms with Gasteiger partial charge in [0.1, 0.15) is 5.78 Å². The van der Waals surface area contributed by atoms with Crippen molar-refractivity contribution >= 4 is 22.6 Å². The number of aryl methyl sites for hydroxylation is 1. The number of hydrogen-bond acceptors (Lipinski definition) is 3. The van der Waals surface area contributed by atoms with Crippen LogP contribution in [0.3, 0.4) is 0 Å². The summed E-state index contributed by atoms with van der Waals surface area (Å²) >= 11 is 0. The molecule has 0 N–H and O–H groups in total. The van der Waals surface area contributed by atoms with Crippen LogP contribution < -0.4 is 0 Å². The largest absolute Gasteiger partial charge is 0.347 e. The Hall–Kier alpha value is -2.14. The lowest BCUT2D eigenvalue weighted by molar-refractivity contribution is -0.121. The molecular formula is C29H43N3O2. The number of amides is 1. The topological polar surface area (TPSA) is 45.6 Å². The second-order valence-electron chi connectivity index (χ2n) is 11.9. The van der Waals surface area contributed by atoms with E-state index < -0.39 is 0 Å². The predicted molar refractivity (Wildman–Crippen MR) is 139 cm³/mol. The Morgan fingerprint density at radius 1 is 1.09 bits per heavy atom. The summed E-state index contributed by atoms with van der Waals surface area (Å²) in [4.78, 5) is 30.5. The molecule has 5 heteroatoms. The first-order valence-corrected chi connectivity index (χ1v) is 13.3. The average molecular weight is 466 g/mol. The molecule has 0 radical (unpaired) electrons. The second-order valence-corrected chi connectivity index (χ2v) is 11.9. The number of piperidine rings is 1. The van der Waals surface area contributed by atoms with Crippen LogP contribution in [0.2, 0.25) is 0 Å². The summed E-state index contributed by atoms with van der Waals surface area (Å²) in [5, 5.41) is 1.04. The lowest BCUT2D eigenvalue weighted by Crippen LogP contribution is -2.47. The van der Waals surface area contributed by atoms with Gasteiger partial charge in [-0.25, -0.2) is 0 Å². The highest BCUT2D eigenvalue weighted by molar-refractivity contribution is 6.06. The average Bonchev–Trinajstić information content (AvgIpc) is 3.26. The van der Waals surface area contributed by atoms with E-state index in [9.17, 15) is 9.59 Å². The fourth-order valence-electron chi connectivity index (χ4n) is 6.25. The van der Waals surface area contributed by atoms with Crippen molar-refractivity contribution in [3.63, 3.8) is 0 Å². The van der Waals surface area contributed by atoms with Gasteiger partial charge in [0.05, 0.1) is 12.1 Å². The van der Waals surface area contributed by atoms with E-state index >= 15 is 0 Å². The van der Waals surface area contributed by atoms with E-state index in [0.29, 0.717) is 42.2 Å². The molecule has 1 aromatic carbocycles. The van der Waals surface area contributed by atoms with Gasteiger partial charge in [-0.05, 0) is 62.8 Å². The number of benzene rings is 1. The molecule has 2 fully saturated rings. The number of para-hydroxylation sites is 1. The Balaban J connectivity index is 1.33. The van der Waals surface area contributed by atoms with Gasteiger partial charge in [0.25, 0.3) is 5.91 Å². The molecule has 2 aliphatic rings. The highest BCUT2D eigenvalue weighted by Gasteiger charge is 2.41. The van der Waals surface area contributed by atoms with Gasteiger partial charge >= 0.3 is 0 Å². The monoisotopic (exact) mass is 465 g/mol. The number of aromatic nitrogens is 1. The van der Waals surface area contributed by atoms with Crippen molar-refractivity contribution < 1.29 is 9.59 Å². The van der Waals surface area contributed by atoms with Gasteiger partial charge in [0, 0.05) is 55.7 Å². The molecule has 186 valence electrons. The molecule has 2 bridgehead atoms. The van der Waals surface area contributed by atoms with Crippen molar-refractivity contribution in [1.82, 2.24) is 14.4 Å². The first kappa shape index (κ1) is 25.0. The number of fused-ring (bicyclic) bond motifs is 3. The molecule has 0 aliphatic carbocycles. The third kappa shape index (κ3) is 5.56. The van der Waals surface area contributed by atoms with Crippen molar-refractivity contribution in [3.8, 4) is 0 Å². The molecule has 1 amide bonds. The lowest BCUT2D eigenvalue weighted by Gasteiger charge is -2.39. The number of carbonyl (C=O) groups is 2. The van der Waals surface area contributed by atoms with Crippen LogP contribution >= 0.6 is 0 Å². The molecule has 0 spiro atoms. The van der Waals surface area contributed by atoms with E-state index in [4.69, 9.17) is 0 Å². The maximum absolute atomic E-state index is 13.4. The second kappa shape index (κ2) is 10.2. The number of rotatable bonds is 9. The van der Waals surface area contributed by atoms with Crippen LogP contribution in [-0.4, -0.2) is 58.3 Å². The minimum absolute atomic E-state index is 0.118. The molecular weight excluding hydrogens is 422 g/mol. The maximum Gasteiger partial charge on any atom is 0.255 e. The highest BCUT2D eigenvalue weighted by atomic mass is 16.2. The third-order valence-electron chi connectivity index (χ3n) is 7.96. The van der Waals surface area contributed by atoms with E-state index in [2.05, 4.69) is 49.3 Å². The van der Waals surface area contributed by atoms with Gasteiger partial charge in [-0.1, -0.05) is 39.0 Å². The van der Waals surface area contributed by atoms with Crippen molar-refractivity contribution in [2.24, 2.45) is 11.3 Å². The normalized spacial score (nSPS) is 22.9. The fourth-order valence-corrected chi connectivity index (χ4v) is 6.25. The lowest BCUT2D eigenvalue weighted by atomic mass is 9.88. The summed E-state index contributed by atoms with van der Waals surface area (Å²) in [6.07, 6.45) is 9.40. The Morgan fingerprint density at radius 2 is 1.76 bits per heavy atom. The zero-order valence-electron chi connectivity index (χ0n) is 21.8. The Kier molecular flexibility index (Phi) is 7.51. The van der Waals surface area contributed by atoms with Crippen LogP contribution in [0, 0.1) is 11.3 Å². The van der Waals surface area contributed by atoms with Crippen LogP contribution in [0.1, 0.15) is 83.0 Å². The zero-order chi connectivity index (χ0) is 24.5. The minimum Gasteiger partial charge on any atom is -0.347 e. The Bertz CT molecular complexity index is 1000. The van der Waals surface area contributed by atoms with Gasteiger partial charge in [-0.3, -0.25) is 14.5 Å². The van der Waals surface area contributed by atoms with Crippen LogP contribution in [0.4, 0.5) is 0 Å². The number of Topliss-reactive ketones (excluding diaryl/α,β-unsaturated/α-hetero) is 1. The van der Waals surface area contributed by atoms with Gasteiger partial charge < -0.3 is 9.47 Å². The van der Waals surface area contributed by atoms with Crippen molar-refractivity contribution in [2.75, 3.05) is 20.1 Å². The van der Waals surface area contributed by atoms with Crippen molar-refractivity contribution in [3.05, 3.63) is 36.0 Å². The number of nitrogens with zero attached hydrogens (tertiary/aromatic N) is 3. The molecule has 34 heavy (non-hydrogen) atoms.